The number of halogens is 1. The maximum Gasteiger partial charge on any atom is 0.127 e. The first-order valence-electron chi connectivity index (χ1n) is 5.12. The number of ether oxygens (including phenoxy) is 1. The average molecular weight is 210 g/mol. The number of aliphatic hydroxyl groups is 1. The van der Waals surface area contributed by atoms with E-state index in [1.807, 2.05) is 0 Å². The van der Waals surface area contributed by atoms with Gasteiger partial charge in [0.15, 0.2) is 0 Å². The molecular weight excluding hydrogens is 195 g/mol. The molecular formula is C12H15FO2. The average Bonchev–Trinajstić information content (AvgIpc) is 3.00. The first kappa shape index (κ1) is 10.4. The molecule has 1 atom stereocenters. The van der Waals surface area contributed by atoms with Crippen molar-refractivity contribution in [2.45, 2.75) is 25.4 Å². The molecule has 0 unspecified atom stereocenters. The van der Waals surface area contributed by atoms with E-state index in [9.17, 15) is 9.50 Å². The number of methoxy groups -OCH3 is 1. The van der Waals surface area contributed by atoms with Crippen LogP contribution in [0.25, 0.3) is 0 Å². The standard InChI is InChI=1S/C12H15FO2/c1-12(14,8-3-4-8)10-6-5-9(13)7-11(10)15-2/h5-8,14H,3-4H2,1-2H3/t12-/m0/s1. The monoisotopic (exact) mass is 210 g/mol. The van der Waals surface area contributed by atoms with Gasteiger partial charge in [0.05, 0.1) is 12.7 Å². The predicted molar refractivity (Wildman–Crippen MR) is 55.2 cm³/mol. The number of hydrogen-bond acceptors (Lipinski definition) is 2. The second-order valence-electron chi connectivity index (χ2n) is 4.27. The smallest absolute Gasteiger partial charge is 0.127 e. The molecule has 1 aromatic rings. The van der Waals surface area contributed by atoms with Gasteiger partial charge in [-0.05, 0) is 37.8 Å². The van der Waals surface area contributed by atoms with Crippen molar-refractivity contribution in [3.8, 4) is 5.75 Å². The van der Waals surface area contributed by atoms with Gasteiger partial charge in [0, 0.05) is 11.6 Å². The van der Waals surface area contributed by atoms with Gasteiger partial charge in [0.1, 0.15) is 11.6 Å². The third-order valence-corrected chi connectivity index (χ3v) is 3.08. The van der Waals surface area contributed by atoms with Crippen molar-refractivity contribution in [3.63, 3.8) is 0 Å². The lowest BCUT2D eigenvalue weighted by atomic mass is 9.90. The fourth-order valence-electron chi connectivity index (χ4n) is 1.95. The lowest BCUT2D eigenvalue weighted by Crippen LogP contribution is -2.24. The Hall–Kier alpha value is -1.09. The van der Waals surface area contributed by atoms with E-state index < -0.39 is 5.60 Å². The Kier molecular flexibility index (Phi) is 2.43. The molecule has 82 valence electrons. The van der Waals surface area contributed by atoms with Crippen LogP contribution in [-0.4, -0.2) is 12.2 Å². The van der Waals surface area contributed by atoms with Crippen molar-refractivity contribution < 1.29 is 14.2 Å². The van der Waals surface area contributed by atoms with Crippen LogP contribution < -0.4 is 4.74 Å². The summed E-state index contributed by atoms with van der Waals surface area (Å²) in [5.41, 5.74) is -0.229. The van der Waals surface area contributed by atoms with Crippen molar-refractivity contribution >= 4 is 0 Å². The Morgan fingerprint density at radius 1 is 1.47 bits per heavy atom. The first-order chi connectivity index (χ1) is 7.05. The van der Waals surface area contributed by atoms with Crippen LogP contribution >= 0.6 is 0 Å². The molecule has 0 radical (unpaired) electrons. The number of hydrogen-bond donors (Lipinski definition) is 1. The van der Waals surface area contributed by atoms with Crippen LogP contribution in [0.15, 0.2) is 18.2 Å². The Morgan fingerprint density at radius 2 is 2.13 bits per heavy atom. The van der Waals surface area contributed by atoms with E-state index in [1.165, 1.54) is 19.2 Å². The molecule has 0 amide bonds. The van der Waals surface area contributed by atoms with Gasteiger partial charge in [-0.15, -0.1) is 0 Å². The van der Waals surface area contributed by atoms with E-state index in [0.717, 1.165) is 12.8 Å². The van der Waals surface area contributed by atoms with Gasteiger partial charge in [-0.3, -0.25) is 0 Å². The Balaban J connectivity index is 2.42. The number of rotatable bonds is 3. The van der Waals surface area contributed by atoms with Crippen molar-refractivity contribution in [1.82, 2.24) is 0 Å². The maximum atomic E-state index is 13.0. The lowest BCUT2D eigenvalue weighted by Gasteiger charge is -2.25. The molecule has 1 aliphatic carbocycles. The highest BCUT2D eigenvalue weighted by atomic mass is 19.1. The number of benzene rings is 1. The summed E-state index contributed by atoms with van der Waals surface area (Å²) < 4.78 is 18.1. The highest BCUT2D eigenvalue weighted by Gasteiger charge is 2.42. The van der Waals surface area contributed by atoms with Crippen LogP contribution in [0.1, 0.15) is 25.3 Å². The molecule has 0 heterocycles. The summed E-state index contributed by atoms with van der Waals surface area (Å²) in [6, 6.07) is 4.27. The van der Waals surface area contributed by atoms with Gasteiger partial charge in [-0.1, -0.05) is 0 Å². The molecule has 0 bridgehead atoms. The summed E-state index contributed by atoms with van der Waals surface area (Å²) in [4.78, 5) is 0. The summed E-state index contributed by atoms with van der Waals surface area (Å²) in [6.45, 7) is 1.76. The molecule has 0 aliphatic heterocycles. The summed E-state index contributed by atoms with van der Waals surface area (Å²) in [5.74, 6) is 0.353. The molecule has 0 spiro atoms. The van der Waals surface area contributed by atoms with Gasteiger partial charge in [-0.25, -0.2) is 4.39 Å². The lowest BCUT2D eigenvalue weighted by molar-refractivity contribution is 0.0306. The third-order valence-electron chi connectivity index (χ3n) is 3.08. The molecule has 1 aromatic carbocycles. The zero-order valence-corrected chi connectivity index (χ0v) is 8.96. The van der Waals surface area contributed by atoms with Crippen molar-refractivity contribution in [1.29, 1.82) is 0 Å². The molecule has 0 aromatic heterocycles. The Bertz CT molecular complexity index is 370. The molecule has 1 saturated carbocycles. The molecule has 1 aliphatic rings. The summed E-state index contributed by atoms with van der Waals surface area (Å²) in [7, 11) is 1.49. The first-order valence-corrected chi connectivity index (χ1v) is 5.12. The van der Waals surface area contributed by atoms with E-state index in [0.29, 0.717) is 11.3 Å². The molecule has 0 saturated heterocycles. The van der Waals surface area contributed by atoms with E-state index >= 15 is 0 Å². The predicted octanol–water partition coefficient (Wildman–Crippen LogP) is 2.45. The highest BCUT2D eigenvalue weighted by molar-refractivity contribution is 5.39. The molecule has 3 heteroatoms. The van der Waals surface area contributed by atoms with Crippen LogP contribution in [0.2, 0.25) is 0 Å². The van der Waals surface area contributed by atoms with Crippen LogP contribution in [0.4, 0.5) is 4.39 Å². The molecule has 15 heavy (non-hydrogen) atoms. The van der Waals surface area contributed by atoms with Crippen LogP contribution in [0.3, 0.4) is 0 Å². The van der Waals surface area contributed by atoms with Gasteiger partial charge in [0.2, 0.25) is 0 Å². The Labute approximate surface area is 88.7 Å². The van der Waals surface area contributed by atoms with Gasteiger partial charge in [0.25, 0.3) is 0 Å². The van der Waals surface area contributed by atoms with Crippen LogP contribution in [0, 0.1) is 11.7 Å². The van der Waals surface area contributed by atoms with E-state index in [-0.39, 0.29) is 11.7 Å². The summed E-state index contributed by atoms with van der Waals surface area (Å²) >= 11 is 0. The largest absolute Gasteiger partial charge is 0.496 e. The highest BCUT2D eigenvalue weighted by Crippen LogP contribution is 2.47. The summed E-state index contributed by atoms with van der Waals surface area (Å²) in [6.07, 6.45) is 2.04. The Morgan fingerprint density at radius 3 is 2.67 bits per heavy atom. The third kappa shape index (κ3) is 1.84. The maximum absolute atomic E-state index is 13.0. The van der Waals surface area contributed by atoms with E-state index in [2.05, 4.69) is 0 Å². The van der Waals surface area contributed by atoms with Crippen LogP contribution in [0.5, 0.6) is 5.75 Å². The molecule has 2 nitrogen and oxygen atoms in total. The second-order valence-corrected chi connectivity index (χ2v) is 4.27. The minimum atomic E-state index is -0.904. The van der Waals surface area contributed by atoms with Crippen molar-refractivity contribution in [3.05, 3.63) is 29.6 Å². The van der Waals surface area contributed by atoms with Crippen molar-refractivity contribution in [2.75, 3.05) is 7.11 Å². The zero-order valence-electron chi connectivity index (χ0n) is 8.96. The molecule has 1 fully saturated rings. The minimum Gasteiger partial charge on any atom is -0.496 e. The van der Waals surface area contributed by atoms with Crippen molar-refractivity contribution in [2.24, 2.45) is 5.92 Å². The second kappa shape index (κ2) is 3.49. The zero-order chi connectivity index (χ0) is 11.1. The van der Waals surface area contributed by atoms with Gasteiger partial charge in [-0.2, -0.15) is 0 Å². The minimum absolute atomic E-state index is 0.275. The molecule has 1 N–H and O–H groups in total. The fraction of sp³-hybridized carbons (Fsp3) is 0.500. The van der Waals surface area contributed by atoms with Crippen LogP contribution in [-0.2, 0) is 5.60 Å². The molecule has 2 rings (SSSR count). The van der Waals surface area contributed by atoms with Gasteiger partial charge < -0.3 is 9.84 Å². The fourth-order valence-corrected chi connectivity index (χ4v) is 1.95. The van der Waals surface area contributed by atoms with Gasteiger partial charge >= 0.3 is 0 Å². The summed E-state index contributed by atoms with van der Waals surface area (Å²) in [5, 5.41) is 10.3. The van der Waals surface area contributed by atoms with E-state index in [4.69, 9.17) is 4.74 Å². The normalized spacial score (nSPS) is 19.7. The SMILES string of the molecule is COc1cc(F)ccc1[C@@](C)(O)C1CC1. The topological polar surface area (TPSA) is 29.5 Å². The van der Waals surface area contributed by atoms with E-state index in [1.54, 1.807) is 13.0 Å². The quantitative estimate of drug-likeness (QED) is 0.830.